The van der Waals surface area contributed by atoms with E-state index in [2.05, 4.69) is 16.8 Å². The summed E-state index contributed by atoms with van der Waals surface area (Å²) < 4.78 is 0. The lowest BCUT2D eigenvalue weighted by molar-refractivity contribution is 0.0605. The van der Waals surface area contributed by atoms with Crippen molar-refractivity contribution in [3.05, 3.63) is 45.4 Å². The quantitative estimate of drug-likeness (QED) is 0.865. The Morgan fingerprint density at radius 3 is 2.80 bits per heavy atom. The van der Waals surface area contributed by atoms with E-state index >= 15 is 0 Å². The van der Waals surface area contributed by atoms with Crippen molar-refractivity contribution in [1.82, 2.24) is 9.88 Å². The van der Waals surface area contributed by atoms with Gasteiger partial charge in [-0.1, -0.05) is 19.1 Å². The number of carbonyl (C=O) groups is 1. The van der Waals surface area contributed by atoms with E-state index in [1.165, 1.54) is 23.3 Å². The Hall–Kier alpha value is -1.88. The van der Waals surface area contributed by atoms with Crippen molar-refractivity contribution in [3.8, 4) is 5.75 Å². The topological polar surface area (TPSA) is 53.4 Å². The Bertz CT molecular complexity index is 724. The first-order chi connectivity index (χ1) is 12.1. The zero-order valence-corrected chi connectivity index (χ0v) is 15.8. The van der Waals surface area contributed by atoms with Gasteiger partial charge in [-0.3, -0.25) is 4.79 Å². The molecule has 0 spiro atoms. The summed E-state index contributed by atoms with van der Waals surface area (Å²) in [6, 6.07) is 7.68. The Labute approximate surface area is 153 Å². The number of benzene rings is 1. The lowest BCUT2D eigenvalue weighted by Gasteiger charge is -2.36. The number of hydrogen-bond acceptors (Lipinski definition) is 4. The van der Waals surface area contributed by atoms with Gasteiger partial charge in [0.25, 0.3) is 5.91 Å². The van der Waals surface area contributed by atoms with Gasteiger partial charge in [-0.25, -0.2) is 4.98 Å². The SMILES string of the molecule is CCc1nc(C)sc1C(=O)N1CCCC[C@@H]1CCc1ccc(O)cc1. The number of thiazole rings is 1. The third kappa shape index (κ3) is 4.21. The molecule has 1 aromatic carbocycles. The van der Waals surface area contributed by atoms with E-state index in [0.29, 0.717) is 11.8 Å². The van der Waals surface area contributed by atoms with Crippen molar-refractivity contribution in [1.29, 1.82) is 0 Å². The lowest BCUT2D eigenvalue weighted by atomic mass is 9.95. The highest BCUT2D eigenvalue weighted by molar-refractivity contribution is 7.13. The Kier molecular flexibility index (Phi) is 5.74. The van der Waals surface area contributed by atoms with E-state index in [-0.39, 0.29) is 5.91 Å². The first-order valence-electron chi connectivity index (χ1n) is 9.13. The summed E-state index contributed by atoms with van der Waals surface area (Å²) in [6.45, 7) is 4.88. The molecule has 3 rings (SSSR count). The van der Waals surface area contributed by atoms with Crippen molar-refractivity contribution < 1.29 is 9.90 Å². The lowest BCUT2D eigenvalue weighted by Crippen LogP contribution is -2.44. The van der Waals surface area contributed by atoms with Crippen molar-refractivity contribution in [3.63, 3.8) is 0 Å². The first kappa shape index (κ1) is 17.9. The molecule has 0 radical (unpaired) electrons. The fourth-order valence-electron chi connectivity index (χ4n) is 3.57. The second-order valence-corrected chi connectivity index (χ2v) is 7.92. The Morgan fingerprint density at radius 2 is 2.08 bits per heavy atom. The molecule has 0 aliphatic carbocycles. The van der Waals surface area contributed by atoms with Crippen LogP contribution in [0.1, 0.15) is 58.5 Å². The number of nitrogens with zero attached hydrogens (tertiary/aromatic N) is 2. The number of hydrogen-bond donors (Lipinski definition) is 1. The standard InChI is InChI=1S/C20H26N2O2S/c1-3-18-19(25-14(2)21-18)20(24)22-13-5-4-6-16(22)10-7-15-8-11-17(23)12-9-15/h8-9,11-12,16,23H,3-7,10,13H2,1-2H3/t16-/m1/s1. The normalized spacial score (nSPS) is 17.7. The van der Waals surface area contributed by atoms with E-state index < -0.39 is 0 Å². The average molecular weight is 359 g/mol. The molecular formula is C20H26N2O2S. The molecule has 0 unspecified atom stereocenters. The maximum Gasteiger partial charge on any atom is 0.266 e. The summed E-state index contributed by atoms with van der Waals surface area (Å²) in [5, 5.41) is 10.4. The van der Waals surface area contributed by atoms with Crippen molar-refractivity contribution >= 4 is 17.2 Å². The molecule has 5 heteroatoms. The number of phenols is 1. The van der Waals surface area contributed by atoms with Crippen LogP contribution in [0.25, 0.3) is 0 Å². The molecular weight excluding hydrogens is 332 g/mol. The van der Waals surface area contributed by atoms with Gasteiger partial charge in [0.05, 0.1) is 10.7 Å². The van der Waals surface area contributed by atoms with Gasteiger partial charge in [0.1, 0.15) is 10.6 Å². The molecule has 1 N–H and O–H groups in total. The van der Waals surface area contributed by atoms with Crippen LogP contribution in [0.15, 0.2) is 24.3 Å². The van der Waals surface area contributed by atoms with E-state index in [9.17, 15) is 9.90 Å². The van der Waals surface area contributed by atoms with Crippen LogP contribution in [0.5, 0.6) is 5.75 Å². The monoisotopic (exact) mass is 358 g/mol. The minimum Gasteiger partial charge on any atom is -0.508 e. The molecule has 1 aliphatic heterocycles. The summed E-state index contributed by atoms with van der Waals surface area (Å²) >= 11 is 1.53. The molecule has 0 saturated carbocycles. The first-order valence-corrected chi connectivity index (χ1v) is 9.95. The molecule has 1 saturated heterocycles. The van der Waals surface area contributed by atoms with Crippen LogP contribution in [0.2, 0.25) is 0 Å². The van der Waals surface area contributed by atoms with Crippen molar-refractivity contribution in [2.45, 2.75) is 58.4 Å². The van der Waals surface area contributed by atoms with Gasteiger partial charge in [0.2, 0.25) is 0 Å². The third-order valence-corrected chi connectivity index (χ3v) is 5.93. The number of likely N-dealkylation sites (tertiary alicyclic amines) is 1. The summed E-state index contributed by atoms with van der Waals surface area (Å²) in [7, 11) is 0. The highest BCUT2D eigenvalue weighted by atomic mass is 32.1. The number of piperidine rings is 1. The van der Waals surface area contributed by atoms with Gasteiger partial charge in [0, 0.05) is 12.6 Å². The molecule has 25 heavy (non-hydrogen) atoms. The van der Waals surface area contributed by atoms with E-state index in [0.717, 1.165) is 54.2 Å². The zero-order valence-electron chi connectivity index (χ0n) is 15.0. The van der Waals surface area contributed by atoms with Crippen LogP contribution in [0.3, 0.4) is 0 Å². The van der Waals surface area contributed by atoms with Gasteiger partial charge in [-0.15, -0.1) is 11.3 Å². The van der Waals surface area contributed by atoms with Crippen LogP contribution in [-0.4, -0.2) is 33.5 Å². The molecule has 2 aromatic rings. The second-order valence-electron chi connectivity index (χ2n) is 6.72. The van der Waals surface area contributed by atoms with E-state index in [4.69, 9.17) is 0 Å². The third-order valence-electron chi connectivity index (χ3n) is 4.92. The van der Waals surface area contributed by atoms with Crippen LogP contribution in [-0.2, 0) is 12.8 Å². The maximum absolute atomic E-state index is 13.1. The Morgan fingerprint density at radius 1 is 1.32 bits per heavy atom. The molecule has 2 heterocycles. The number of rotatable bonds is 5. The fraction of sp³-hybridized carbons (Fsp3) is 0.500. The van der Waals surface area contributed by atoms with Gasteiger partial charge in [0.15, 0.2) is 0 Å². The molecule has 1 amide bonds. The number of phenolic OH excluding ortho intramolecular Hbond substituents is 1. The van der Waals surface area contributed by atoms with Crippen LogP contribution in [0.4, 0.5) is 0 Å². The summed E-state index contributed by atoms with van der Waals surface area (Å²) in [5.41, 5.74) is 2.15. The smallest absolute Gasteiger partial charge is 0.266 e. The zero-order chi connectivity index (χ0) is 17.8. The molecule has 1 atom stereocenters. The minimum atomic E-state index is 0.165. The second kappa shape index (κ2) is 8.00. The summed E-state index contributed by atoms with van der Waals surface area (Å²) in [6.07, 6.45) is 6.04. The predicted octanol–water partition coefficient (Wildman–Crippen LogP) is 4.35. The maximum atomic E-state index is 13.1. The number of aromatic hydroxyl groups is 1. The number of aromatic nitrogens is 1. The summed E-state index contributed by atoms with van der Waals surface area (Å²) in [5.74, 6) is 0.462. The van der Waals surface area contributed by atoms with Crippen molar-refractivity contribution in [2.24, 2.45) is 0 Å². The highest BCUT2D eigenvalue weighted by Gasteiger charge is 2.29. The molecule has 1 aromatic heterocycles. The largest absolute Gasteiger partial charge is 0.508 e. The van der Waals surface area contributed by atoms with Gasteiger partial charge in [-0.2, -0.15) is 0 Å². The van der Waals surface area contributed by atoms with Gasteiger partial charge >= 0.3 is 0 Å². The number of aryl methyl sites for hydroxylation is 3. The Balaban J connectivity index is 1.71. The van der Waals surface area contributed by atoms with Crippen LogP contribution in [0, 0.1) is 6.92 Å². The van der Waals surface area contributed by atoms with E-state index in [1.54, 1.807) is 12.1 Å². The molecule has 134 valence electrons. The summed E-state index contributed by atoms with van der Waals surface area (Å²) in [4.78, 5) is 20.6. The van der Waals surface area contributed by atoms with Gasteiger partial charge in [-0.05, 0) is 63.1 Å². The minimum absolute atomic E-state index is 0.165. The number of carbonyl (C=O) groups excluding carboxylic acids is 1. The average Bonchev–Trinajstić information content (AvgIpc) is 3.02. The molecule has 1 aliphatic rings. The predicted molar refractivity (Wildman–Crippen MR) is 101 cm³/mol. The fourth-order valence-corrected chi connectivity index (χ4v) is 4.53. The van der Waals surface area contributed by atoms with Crippen molar-refractivity contribution in [2.75, 3.05) is 6.54 Å². The van der Waals surface area contributed by atoms with Crippen LogP contribution < -0.4 is 0 Å². The molecule has 1 fully saturated rings. The molecule has 0 bridgehead atoms. The van der Waals surface area contributed by atoms with Crippen LogP contribution >= 0.6 is 11.3 Å². The van der Waals surface area contributed by atoms with E-state index in [1.807, 2.05) is 19.1 Å². The number of amides is 1. The van der Waals surface area contributed by atoms with Gasteiger partial charge < -0.3 is 10.0 Å². The highest BCUT2D eigenvalue weighted by Crippen LogP contribution is 2.27. The molecule has 4 nitrogen and oxygen atoms in total.